The van der Waals surface area contributed by atoms with Gasteiger partial charge in [0.15, 0.2) is 0 Å². The Morgan fingerprint density at radius 3 is 2.50 bits per heavy atom. The van der Waals surface area contributed by atoms with Crippen molar-refractivity contribution in [1.82, 2.24) is 15.3 Å². The van der Waals surface area contributed by atoms with Crippen molar-refractivity contribution in [3.8, 4) is 22.6 Å². The lowest BCUT2D eigenvalue weighted by molar-refractivity contribution is -0.117. The Morgan fingerprint density at radius 2 is 1.75 bits per heavy atom. The van der Waals surface area contributed by atoms with E-state index < -0.39 is 0 Å². The number of anilines is 2. The summed E-state index contributed by atoms with van der Waals surface area (Å²) in [6, 6.07) is 17.6. The highest BCUT2D eigenvalue weighted by atomic mass is 16.5. The smallest absolute Gasteiger partial charge is 0.243 e. The van der Waals surface area contributed by atoms with Gasteiger partial charge in [0, 0.05) is 12.1 Å². The number of carbonyl (C=O) groups is 1. The van der Waals surface area contributed by atoms with E-state index in [2.05, 4.69) is 27.2 Å². The molecule has 0 radical (unpaired) electrons. The molecule has 1 saturated carbocycles. The average molecular weight is 430 g/mol. The van der Waals surface area contributed by atoms with E-state index in [1.807, 2.05) is 54.6 Å². The number of nitrogen functional groups attached to an aromatic ring is 1. The summed E-state index contributed by atoms with van der Waals surface area (Å²) >= 11 is 0. The normalized spacial score (nSPS) is 17.9. The average Bonchev–Trinajstić information content (AvgIpc) is 2.81. The lowest BCUT2D eigenvalue weighted by Gasteiger charge is -2.31. The number of aromatic nitrogens is 2. The number of rotatable bonds is 7. The molecule has 32 heavy (non-hydrogen) atoms. The number of amides is 1. The molecule has 4 rings (SSSR count). The fourth-order valence-electron chi connectivity index (χ4n) is 4.01. The lowest BCUT2D eigenvalue weighted by Crippen LogP contribution is -2.41. The van der Waals surface area contributed by atoms with Gasteiger partial charge in [-0.2, -0.15) is 0 Å². The van der Waals surface area contributed by atoms with Crippen LogP contribution in [0.4, 0.5) is 11.6 Å². The van der Waals surface area contributed by atoms with Gasteiger partial charge in [-0.3, -0.25) is 4.79 Å². The highest BCUT2D eigenvalue weighted by molar-refractivity contribution is 5.87. The molecule has 0 bridgehead atoms. The molecule has 1 fully saturated rings. The highest BCUT2D eigenvalue weighted by Gasteiger charge is 2.24. The van der Waals surface area contributed by atoms with E-state index in [-0.39, 0.29) is 18.0 Å². The van der Waals surface area contributed by atoms with Crippen LogP contribution in [0, 0.1) is 0 Å². The van der Waals surface area contributed by atoms with E-state index in [9.17, 15) is 4.79 Å². The summed E-state index contributed by atoms with van der Waals surface area (Å²) < 4.78 is 5.88. The van der Waals surface area contributed by atoms with Gasteiger partial charge >= 0.3 is 0 Å². The van der Waals surface area contributed by atoms with Gasteiger partial charge in [0.1, 0.15) is 29.5 Å². The Morgan fingerprint density at radius 1 is 1.03 bits per heavy atom. The zero-order chi connectivity index (χ0) is 22.3. The molecule has 1 unspecified atom stereocenters. The molecule has 2 aromatic carbocycles. The van der Waals surface area contributed by atoms with Crippen molar-refractivity contribution in [3.63, 3.8) is 0 Å². The third-order valence-electron chi connectivity index (χ3n) is 5.55. The third kappa shape index (κ3) is 5.24. The van der Waals surface area contributed by atoms with Crippen molar-refractivity contribution in [3.05, 3.63) is 73.6 Å². The Labute approximate surface area is 187 Å². The molecular weight excluding hydrogens is 402 g/mol. The molecule has 7 nitrogen and oxygen atoms in total. The van der Waals surface area contributed by atoms with Crippen LogP contribution in [0.3, 0.4) is 0 Å². The first-order valence-electron chi connectivity index (χ1n) is 10.8. The van der Waals surface area contributed by atoms with E-state index in [0.29, 0.717) is 11.6 Å². The molecule has 7 heteroatoms. The number of hydrogen-bond donors (Lipinski definition) is 3. The van der Waals surface area contributed by atoms with E-state index in [0.717, 1.165) is 48.3 Å². The van der Waals surface area contributed by atoms with Crippen molar-refractivity contribution in [2.45, 2.75) is 37.8 Å². The summed E-state index contributed by atoms with van der Waals surface area (Å²) in [6.45, 7) is 3.53. The molecule has 0 aliphatic heterocycles. The van der Waals surface area contributed by atoms with Gasteiger partial charge in [-0.15, -0.1) is 0 Å². The summed E-state index contributed by atoms with van der Waals surface area (Å²) in [5.74, 6) is 2.47. The van der Waals surface area contributed by atoms with Crippen molar-refractivity contribution in [1.29, 1.82) is 0 Å². The maximum absolute atomic E-state index is 11.7. The van der Waals surface area contributed by atoms with Gasteiger partial charge in [-0.25, -0.2) is 9.97 Å². The molecule has 0 saturated heterocycles. The lowest BCUT2D eigenvalue weighted by atomic mass is 9.90. The quantitative estimate of drug-likeness (QED) is 0.477. The molecule has 2 atom stereocenters. The maximum Gasteiger partial charge on any atom is 0.243 e. The van der Waals surface area contributed by atoms with Crippen molar-refractivity contribution < 1.29 is 9.53 Å². The number of para-hydroxylation sites is 1. The zero-order valence-corrected chi connectivity index (χ0v) is 17.8. The van der Waals surface area contributed by atoms with E-state index in [1.54, 1.807) is 0 Å². The number of nitrogens with one attached hydrogen (secondary N) is 2. The minimum Gasteiger partial charge on any atom is -0.457 e. The van der Waals surface area contributed by atoms with Crippen LogP contribution in [0.15, 0.2) is 73.6 Å². The maximum atomic E-state index is 11.7. The van der Waals surface area contributed by atoms with Crippen LogP contribution in [0.1, 0.15) is 25.7 Å². The van der Waals surface area contributed by atoms with Crippen molar-refractivity contribution >= 4 is 17.5 Å². The largest absolute Gasteiger partial charge is 0.457 e. The van der Waals surface area contributed by atoms with Gasteiger partial charge in [0.25, 0.3) is 0 Å². The SMILES string of the molecule is C=CC(=O)N[C@@H]1CCCC(Nc2ncnc(N)c2-c2ccc(Oc3ccccc3)cc2)C1. The molecule has 0 spiro atoms. The number of nitrogens with two attached hydrogens (primary N) is 1. The standard InChI is InChI=1S/C25H27N5O2/c1-2-22(31)29-18-7-6-8-19(15-18)30-25-23(24(26)27-16-28-25)17-11-13-21(14-12-17)32-20-9-4-3-5-10-20/h2-5,9-14,16,18-19H,1,6-8,15H2,(H,29,31)(H3,26,27,28,30)/t18-,19?/m1/s1. The Balaban J connectivity index is 1.50. The Hall–Kier alpha value is -3.87. The monoisotopic (exact) mass is 429 g/mol. The first-order chi connectivity index (χ1) is 15.6. The fraction of sp³-hybridized carbons (Fsp3) is 0.240. The van der Waals surface area contributed by atoms with Gasteiger partial charge in [-0.1, -0.05) is 36.9 Å². The number of carbonyl (C=O) groups excluding carboxylic acids is 1. The van der Waals surface area contributed by atoms with E-state index in [4.69, 9.17) is 10.5 Å². The Kier molecular flexibility index (Phi) is 6.65. The minimum absolute atomic E-state index is 0.115. The molecule has 3 aromatic rings. The van der Waals surface area contributed by atoms with Crippen LogP contribution in [-0.2, 0) is 4.79 Å². The second-order valence-corrected chi connectivity index (χ2v) is 7.84. The Bertz CT molecular complexity index is 1070. The van der Waals surface area contributed by atoms with Crippen LogP contribution in [0.5, 0.6) is 11.5 Å². The van der Waals surface area contributed by atoms with Crippen LogP contribution in [-0.4, -0.2) is 28.0 Å². The zero-order valence-electron chi connectivity index (χ0n) is 17.8. The summed E-state index contributed by atoms with van der Waals surface area (Å²) in [4.78, 5) is 20.3. The fourth-order valence-corrected chi connectivity index (χ4v) is 4.01. The number of nitrogens with zero attached hydrogens (tertiary/aromatic N) is 2. The van der Waals surface area contributed by atoms with E-state index in [1.165, 1.54) is 12.4 Å². The number of benzene rings is 2. The summed E-state index contributed by atoms with van der Waals surface area (Å²) in [6.07, 6.45) is 6.56. The van der Waals surface area contributed by atoms with Crippen molar-refractivity contribution in [2.75, 3.05) is 11.1 Å². The molecule has 1 aromatic heterocycles. The van der Waals surface area contributed by atoms with Gasteiger partial charge in [-0.05, 0) is 61.6 Å². The van der Waals surface area contributed by atoms with Crippen molar-refractivity contribution in [2.24, 2.45) is 0 Å². The molecule has 4 N–H and O–H groups in total. The molecule has 164 valence electrons. The summed E-state index contributed by atoms with van der Waals surface area (Å²) in [7, 11) is 0. The van der Waals surface area contributed by atoms with Gasteiger partial charge in [0.2, 0.25) is 5.91 Å². The number of hydrogen-bond acceptors (Lipinski definition) is 6. The molecule has 1 heterocycles. The molecule has 1 aliphatic rings. The second kappa shape index (κ2) is 9.96. The minimum atomic E-state index is -0.138. The molecule has 1 amide bonds. The summed E-state index contributed by atoms with van der Waals surface area (Å²) in [5.41, 5.74) is 7.90. The van der Waals surface area contributed by atoms with Crippen LogP contribution < -0.4 is 21.1 Å². The topological polar surface area (TPSA) is 102 Å². The van der Waals surface area contributed by atoms with Crippen LogP contribution in [0.2, 0.25) is 0 Å². The van der Waals surface area contributed by atoms with E-state index >= 15 is 0 Å². The summed E-state index contributed by atoms with van der Waals surface area (Å²) in [5, 5.41) is 6.52. The predicted molar refractivity (Wildman–Crippen MR) is 126 cm³/mol. The predicted octanol–water partition coefficient (Wildman–Crippen LogP) is 4.54. The number of ether oxygens (including phenoxy) is 1. The first kappa shape index (κ1) is 21.4. The third-order valence-corrected chi connectivity index (χ3v) is 5.55. The first-order valence-corrected chi connectivity index (χ1v) is 10.8. The van der Waals surface area contributed by atoms with Gasteiger partial charge in [0.05, 0.1) is 5.56 Å². The molecular formula is C25H27N5O2. The highest BCUT2D eigenvalue weighted by Crippen LogP contribution is 2.34. The van der Waals surface area contributed by atoms with Crippen LogP contribution >= 0.6 is 0 Å². The second-order valence-electron chi connectivity index (χ2n) is 7.84. The molecule has 1 aliphatic carbocycles. The van der Waals surface area contributed by atoms with Crippen LogP contribution in [0.25, 0.3) is 11.1 Å². The van der Waals surface area contributed by atoms with Gasteiger partial charge < -0.3 is 21.1 Å².